The van der Waals surface area contributed by atoms with Crippen molar-refractivity contribution in [2.45, 2.75) is 45.4 Å². The zero-order chi connectivity index (χ0) is 22.1. The van der Waals surface area contributed by atoms with Gasteiger partial charge in [-0.1, -0.05) is 48.5 Å². The van der Waals surface area contributed by atoms with Crippen LogP contribution in [0.25, 0.3) is 0 Å². The number of hydrogen-bond donors (Lipinski definition) is 2. The standard InChI is InChI=1S/C27H33NO3/c1-20-17-24(14-15-26(20)31-19-23-9-5-4-6-10-23)27(29)21(2)28-16-8-12-22-11-7-13-25(18-22)30-3/h4-7,9-11,13-15,17-18,21,27-29H,8,12,16,19H2,1-3H3. The molecule has 0 saturated heterocycles. The lowest BCUT2D eigenvalue weighted by atomic mass is 10.0. The van der Waals surface area contributed by atoms with E-state index in [4.69, 9.17) is 9.47 Å². The third kappa shape index (κ3) is 6.84. The first-order valence-electron chi connectivity index (χ1n) is 10.9. The van der Waals surface area contributed by atoms with Crippen molar-refractivity contribution in [1.29, 1.82) is 0 Å². The number of rotatable bonds is 11. The molecule has 3 rings (SSSR count). The van der Waals surface area contributed by atoms with Gasteiger partial charge >= 0.3 is 0 Å². The third-order valence-corrected chi connectivity index (χ3v) is 5.49. The van der Waals surface area contributed by atoms with Crippen molar-refractivity contribution in [2.75, 3.05) is 13.7 Å². The zero-order valence-corrected chi connectivity index (χ0v) is 18.7. The summed E-state index contributed by atoms with van der Waals surface area (Å²) in [6.07, 6.45) is 1.40. The van der Waals surface area contributed by atoms with E-state index in [-0.39, 0.29) is 6.04 Å². The van der Waals surface area contributed by atoms with Gasteiger partial charge in [0, 0.05) is 6.04 Å². The minimum absolute atomic E-state index is 0.0409. The Balaban J connectivity index is 1.47. The van der Waals surface area contributed by atoms with Crippen LogP contribution in [0, 0.1) is 6.92 Å². The second-order valence-electron chi connectivity index (χ2n) is 7.94. The fraction of sp³-hybridized carbons (Fsp3) is 0.333. The van der Waals surface area contributed by atoms with Gasteiger partial charge in [0.15, 0.2) is 0 Å². The monoisotopic (exact) mass is 419 g/mol. The molecule has 0 fully saturated rings. The second kappa shape index (κ2) is 11.5. The molecule has 0 spiro atoms. The summed E-state index contributed by atoms with van der Waals surface area (Å²) in [7, 11) is 1.69. The third-order valence-electron chi connectivity index (χ3n) is 5.49. The van der Waals surface area contributed by atoms with Crippen LogP contribution in [-0.4, -0.2) is 24.8 Å². The Morgan fingerprint density at radius 3 is 2.45 bits per heavy atom. The van der Waals surface area contributed by atoms with Gasteiger partial charge in [0.25, 0.3) is 0 Å². The molecule has 0 heterocycles. The maximum atomic E-state index is 10.8. The van der Waals surface area contributed by atoms with E-state index in [1.165, 1.54) is 5.56 Å². The van der Waals surface area contributed by atoms with Gasteiger partial charge in [-0.3, -0.25) is 0 Å². The smallest absolute Gasteiger partial charge is 0.122 e. The van der Waals surface area contributed by atoms with Gasteiger partial charge in [0.1, 0.15) is 18.1 Å². The quantitative estimate of drug-likeness (QED) is 0.418. The minimum Gasteiger partial charge on any atom is -0.497 e. The van der Waals surface area contributed by atoms with Crippen LogP contribution < -0.4 is 14.8 Å². The summed E-state index contributed by atoms with van der Waals surface area (Å²) in [4.78, 5) is 0. The first kappa shape index (κ1) is 22.9. The maximum Gasteiger partial charge on any atom is 0.122 e. The van der Waals surface area contributed by atoms with Gasteiger partial charge in [0.05, 0.1) is 13.2 Å². The van der Waals surface area contributed by atoms with Gasteiger partial charge < -0.3 is 19.9 Å². The van der Waals surface area contributed by atoms with Gasteiger partial charge in [-0.25, -0.2) is 0 Å². The summed E-state index contributed by atoms with van der Waals surface area (Å²) in [5.41, 5.74) is 4.32. The van der Waals surface area contributed by atoms with Gasteiger partial charge in [-0.15, -0.1) is 0 Å². The molecule has 2 unspecified atom stereocenters. The topological polar surface area (TPSA) is 50.7 Å². The molecule has 0 aliphatic heterocycles. The number of ether oxygens (including phenoxy) is 2. The van der Waals surface area contributed by atoms with Crippen molar-refractivity contribution >= 4 is 0 Å². The lowest BCUT2D eigenvalue weighted by Gasteiger charge is -2.22. The van der Waals surface area contributed by atoms with Crippen LogP contribution in [0.3, 0.4) is 0 Å². The second-order valence-corrected chi connectivity index (χ2v) is 7.94. The first-order valence-corrected chi connectivity index (χ1v) is 10.9. The summed E-state index contributed by atoms with van der Waals surface area (Å²) < 4.78 is 11.2. The molecule has 164 valence electrons. The lowest BCUT2D eigenvalue weighted by molar-refractivity contribution is 0.136. The Labute approximate surface area is 185 Å². The molecule has 0 aromatic heterocycles. The summed E-state index contributed by atoms with van der Waals surface area (Å²) in [5.74, 6) is 1.74. The maximum absolute atomic E-state index is 10.8. The number of aliphatic hydroxyl groups excluding tert-OH is 1. The number of methoxy groups -OCH3 is 1. The number of aliphatic hydroxyl groups is 1. The first-order chi connectivity index (χ1) is 15.1. The molecular weight excluding hydrogens is 386 g/mol. The highest BCUT2D eigenvalue weighted by Gasteiger charge is 2.17. The van der Waals surface area contributed by atoms with E-state index in [1.807, 2.05) is 62.4 Å². The number of hydrogen-bond acceptors (Lipinski definition) is 4. The molecule has 0 saturated carbocycles. The predicted molar refractivity (Wildman–Crippen MR) is 126 cm³/mol. The molecule has 0 radical (unpaired) electrons. The van der Waals surface area contributed by atoms with Gasteiger partial charge in [-0.2, -0.15) is 0 Å². The molecule has 3 aromatic rings. The average Bonchev–Trinajstić information content (AvgIpc) is 2.81. The van der Waals surface area contributed by atoms with E-state index in [0.717, 1.165) is 47.6 Å². The van der Waals surface area contributed by atoms with E-state index in [1.54, 1.807) is 7.11 Å². The van der Waals surface area contributed by atoms with Crippen LogP contribution >= 0.6 is 0 Å². The van der Waals surface area contributed by atoms with E-state index in [9.17, 15) is 5.11 Å². The molecule has 2 N–H and O–H groups in total. The Bertz CT molecular complexity index is 942. The van der Waals surface area contributed by atoms with Crippen LogP contribution in [-0.2, 0) is 13.0 Å². The van der Waals surface area contributed by atoms with Crippen LogP contribution in [0.5, 0.6) is 11.5 Å². The van der Waals surface area contributed by atoms with Crippen LogP contribution in [0.2, 0.25) is 0 Å². The van der Waals surface area contributed by atoms with Crippen molar-refractivity contribution in [3.05, 3.63) is 95.1 Å². The van der Waals surface area contributed by atoms with Crippen molar-refractivity contribution in [3.8, 4) is 11.5 Å². The summed E-state index contributed by atoms with van der Waals surface area (Å²) in [6.45, 7) is 5.41. The predicted octanol–water partition coefficient (Wildman–Crippen LogP) is 5.23. The van der Waals surface area contributed by atoms with Crippen LogP contribution in [0.1, 0.15) is 41.7 Å². The van der Waals surface area contributed by atoms with E-state index in [0.29, 0.717) is 6.61 Å². The largest absolute Gasteiger partial charge is 0.497 e. The fourth-order valence-electron chi connectivity index (χ4n) is 3.60. The Kier molecular flexibility index (Phi) is 8.51. The van der Waals surface area contributed by atoms with Crippen LogP contribution in [0.4, 0.5) is 0 Å². The Morgan fingerprint density at radius 1 is 0.935 bits per heavy atom. The van der Waals surface area contributed by atoms with Gasteiger partial charge in [-0.05, 0) is 79.8 Å². The Hall–Kier alpha value is -2.82. The molecule has 0 aliphatic rings. The van der Waals surface area contributed by atoms with Crippen molar-refractivity contribution in [2.24, 2.45) is 0 Å². The molecular formula is C27H33NO3. The molecule has 4 heteroatoms. The highest BCUT2D eigenvalue weighted by molar-refractivity contribution is 5.37. The van der Waals surface area contributed by atoms with Crippen molar-refractivity contribution in [3.63, 3.8) is 0 Å². The van der Waals surface area contributed by atoms with E-state index < -0.39 is 6.10 Å². The van der Waals surface area contributed by atoms with Crippen LogP contribution in [0.15, 0.2) is 72.8 Å². The average molecular weight is 420 g/mol. The highest BCUT2D eigenvalue weighted by atomic mass is 16.5. The molecule has 2 atom stereocenters. The zero-order valence-electron chi connectivity index (χ0n) is 18.7. The molecule has 0 bridgehead atoms. The van der Waals surface area contributed by atoms with Crippen molar-refractivity contribution in [1.82, 2.24) is 5.32 Å². The number of nitrogens with one attached hydrogen (secondary N) is 1. The Morgan fingerprint density at radius 2 is 1.71 bits per heavy atom. The number of aryl methyl sites for hydroxylation is 2. The fourth-order valence-corrected chi connectivity index (χ4v) is 3.60. The molecule has 4 nitrogen and oxygen atoms in total. The van der Waals surface area contributed by atoms with E-state index >= 15 is 0 Å². The van der Waals surface area contributed by atoms with Gasteiger partial charge in [0.2, 0.25) is 0 Å². The summed E-state index contributed by atoms with van der Waals surface area (Å²) in [6, 6.07) is 24.2. The van der Waals surface area contributed by atoms with E-state index in [2.05, 4.69) is 29.6 Å². The number of benzene rings is 3. The molecule has 0 aliphatic carbocycles. The molecule has 3 aromatic carbocycles. The summed E-state index contributed by atoms with van der Waals surface area (Å²) >= 11 is 0. The highest BCUT2D eigenvalue weighted by Crippen LogP contribution is 2.25. The normalized spacial score (nSPS) is 12.9. The minimum atomic E-state index is -0.571. The van der Waals surface area contributed by atoms with Crippen molar-refractivity contribution < 1.29 is 14.6 Å². The molecule has 0 amide bonds. The summed E-state index contributed by atoms with van der Waals surface area (Å²) in [5, 5.41) is 14.2. The SMILES string of the molecule is COc1cccc(CCCNC(C)C(O)c2ccc(OCc3ccccc3)c(C)c2)c1. The molecule has 31 heavy (non-hydrogen) atoms. The lowest BCUT2D eigenvalue weighted by Crippen LogP contribution is -2.33.